The van der Waals surface area contributed by atoms with Gasteiger partial charge in [0.25, 0.3) is 0 Å². The van der Waals surface area contributed by atoms with Crippen LogP contribution in [0.3, 0.4) is 0 Å². The van der Waals surface area contributed by atoms with Crippen molar-refractivity contribution in [2.45, 2.75) is 13.0 Å². The first kappa shape index (κ1) is 12.8. The zero-order valence-corrected chi connectivity index (χ0v) is 12.7. The van der Waals surface area contributed by atoms with Crippen molar-refractivity contribution < 1.29 is 5.11 Å². The number of nitrogens with zero attached hydrogens (tertiary/aromatic N) is 1. The van der Waals surface area contributed by atoms with E-state index in [0.29, 0.717) is 0 Å². The van der Waals surface area contributed by atoms with Crippen LogP contribution in [0.15, 0.2) is 46.4 Å². The van der Waals surface area contributed by atoms with Gasteiger partial charge in [0.15, 0.2) is 0 Å². The van der Waals surface area contributed by atoms with E-state index in [1.54, 1.807) is 17.5 Å². The number of aliphatic hydroxyl groups excluding tert-OH is 1. The number of rotatable bonds is 2. The predicted molar refractivity (Wildman–Crippen MR) is 82.6 cm³/mol. The molecule has 2 heterocycles. The molecule has 1 aromatic carbocycles. The van der Waals surface area contributed by atoms with Crippen LogP contribution in [0.2, 0.25) is 0 Å². The zero-order valence-electron chi connectivity index (χ0n) is 10.3. The highest BCUT2D eigenvalue weighted by Gasteiger charge is 2.18. The molecule has 0 spiro atoms. The summed E-state index contributed by atoms with van der Waals surface area (Å²) in [7, 11) is 0. The number of aromatic nitrogens is 1. The Morgan fingerprint density at radius 3 is 2.84 bits per heavy atom. The number of aryl methyl sites for hydroxylation is 1. The van der Waals surface area contributed by atoms with E-state index in [0.717, 1.165) is 31.4 Å². The first-order valence-electron chi connectivity index (χ1n) is 5.93. The third-order valence-corrected chi connectivity index (χ3v) is 4.96. The van der Waals surface area contributed by atoms with Gasteiger partial charge in [0, 0.05) is 26.5 Å². The van der Waals surface area contributed by atoms with Crippen molar-refractivity contribution in [1.82, 2.24) is 4.98 Å². The number of thiophene rings is 1. The summed E-state index contributed by atoms with van der Waals surface area (Å²) in [6.45, 7) is 2.02. The average molecular weight is 334 g/mol. The molecule has 0 saturated heterocycles. The zero-order chi connectivity index (χ0) is 13.4. The highest BCUT2D eigenvalue weighted by molar-refractivity contribution is 9.10. The molecule has 19 heavy (non-hydrogen) atoms. The van der Waals surface area contributed by atoms with E-state index in [-0.39, 0.29) is 0 Å². The number of benzene rings is 1. The molecule has 1 N–H and O–H groups in total. The molecule has 3 rings (SSSR count). The number of hydrogen-bond acceptors (Lipinski definition) is 3. The van der Waals surface area contributed by atoms with Crippen LogP contribution in [-0.2, 0) is 0 Å². The molecule has 3 aromatic rings. The fourth-order valence-corrected chi connectivity index (χ4v) is 3.57. The molecule has 0 aliphatic heterocycles. The molecule has 1 unspecified atom stereocenters. The van der Waals surface area contributed by atoms with Crippen LogP contribution in [0, 0.1) is 6.92 Å². The number of halogens is 1. The van der Waals surface area contributed by atoms with Crippen LogP contribution < -0.4 is 0 Å². The molecule has 4 heteroatoms. The minimum Gasteiger partial charge on any atom is -0.383 e. The van der Waals surface area contributed by atoms with Gasteiger partial charge in [-0.2, -0.15) is 0 Å². The Balaban J connectivity index is 2.21. The summed E-state index contributed by atoms with van der Waals surface area (Å²) in [5.74, 6) is 0. The Morgan fingerprint density at radius 2 is 2.11 bits per heavy atom. The van der Waals surface area contributed by atoms with Crippen LogP contribution in [0.25, 0.3) is 10.9 Å². The van der Waals surface area contributed by atoms with Crippen molar-refractivity contribution in [2.24, 2.45) is 0 Å². The fraction of sp³-hybridized carbons (Fsp3) is 0.133. The van der Waals surface area contributed by atoms with E-state index in [1.165, 1.54) is 0 Å². The number of fused-ring (bicyclic) bond motifs is 1. The maximum absolute atomic E-state index is 10.6. The summed E-state index contributed by atoms with van der Waals surface area (Å²) in [6, 6.07) is 9.83. The third kappa shape index (κ3) is 2.20. The summed E-state index contributed by atoms with van der Waals surface area (Å²) < 4.78 is 0.995. The molecule has 2 nitrogen and oxygen atoms in total. The molecule has 0 radical (unpaired) electrons. The lowest BCUT2D eigenvalue weighted by atomic mass is 10.0. The van der Waals surface area contributed by atoms with Gasteiger partial charge in [-0.3, -0.25) is 4.98 Å². The lowest BCUT2D eigenvalue weighted by molar-refractivity contribution is 0.225. The van der Waals surface area contributed by atoms with Gasteiger partial charge in [-0.05, 0) is 36.1 Å². The van der Waals surface area contributed by atoms with Crippen molar-refractivity contribution in [3.05, 3.63) is 62.4 Å². The maximum Gasteiger partial charge on any atom is 0.116 e. The van der Waals surface area contributed by atoms with Gasteiger partial charge in [0.2, 0.25) is 0 Å². The maximum atomic E-state index is 10.6. The van der Waals surface area contributed by atoms with Crippen molar-refractivity contribution in [3.8, 4) is 0 Å². The molecule has 0 bridgehead atoms. The summed E-state index contributed by atoms with van der Waals surface area (Å²) in [5, 5.41) is 13.6. The summed E-state index contributed by atoms with van der Waals surface area (Å²) >= 11 is 5.10. The minimum atomic E-state index is -0.620. The van der Waals surface area contributed by atoms with Crippen molar-refractivity contribution >= 4 is 38.2 Å². The molecule has 96 valence electrons. The van der Waals surface area contributed by atoms with Gasteiger partial charge in [-0.15, -0.1) is 11.3 Å². The van der Waals surface area contributed by atoms with E-state index >= 15 is 0 Å². The van der Waals surface area contributed by atoms with Gasteiger partial charge in [0.1, 0.15) is 6.10 Å². The third-order valence-electron chi connectivity index (χ3n) is 3.19. The molecule has 0 aliphatic carbocycles. The van der Waals surface area contributed by atoms with E-state index in [9.17, 15) is 5.11 Å². The van der Waals surface area contributed by atoms with Gasteiger partial charge >= 0.3 is 0 Å². The summed E-state index contributed by atoms with van der Waals surface area (Å²) in [5.41, 5.74) is 2.81. The standard InChI is InChI=1S/C15H12BrNOS/c1-9-6-8-19-15(9)14(18)11-4-5-12(16)10-3-2-7-17-13(10)11/h2-8,14,18H,1H3. The highest BCUT2D eigenvalue weighted by Crippen LogP contribution is 2.34. The molecule has 2 aromatic heterocycles. The van der Waals surface area contributed by atoms with Crippen LogP contribution in [0.5, 0.6) is 0 Å². The Labute approximate surface area is 123 Å². The Hall–Kier alpha value is -1.23. The predicted octanol–water partition coefficient (Wildman–Crippen LogP) is 4.45. The molecule has 1 atom stereocenters. The Kier molecular flexibility index (Phi) is 3.39. The van der Waals surface area contributed by atoms with E-state index in [2.05, 4.69) is 20.9 Å². The second kappa shape index (κ2) is 5.04. The van der Waals surface area contributed by atoms with Gasteiger partial charge in [0.05, 0.1) is 5.52 Å². The van der Waals surface area contributed by atoms with Crippen LogP contribution in [0.1, 0.15) is 22.1 Å². The molecular formula is C15H12BrNOS. The largest absolute Gasteiger partial charge is 0.383 e. The lowest BCUT2D eigenvalue weighted by Gasteiger charge is -2.13. The van der Waals surface area contributed by atoms with Crippen molar-refractivity contribution in [3.63, 3.8) is 0 Å². The molecular weight excluding hydrogens is 322 g/mol. The normalized spacial score (nSPS) is 12.8. The highest BCUT2D eigenvalue weighted by atomic mass is 79.9. The first-order chi connectivity index (χ1) is 9.18. The molecule has 0 fully saturated rings. The fourth-order valence-electron chi connectivity index (χ4n) is 2.19. The number of hydrogen-bond donors (Lipinski definition) is 1. The summed E-state index contributed by atoms with van der Waals surface area (Å²) in [6.07, 6.45) is 1.14. The van der Waals surface area contributed by atoms with Crippen LogP contribution >= 0.6 is 27.3 Å². The van der Waals surface area contributed by atoms with Crippen LogP contribution in [-0.4, -0.2) is 10.1 Å². The Bertz CT molecular complexity index is 738. The molecule has 0 aliphatic rings. The minimum absolute atomic E-state index is 0.620. The van der Waals surface area contributed by atoms with E-state index < -0.39 is 6.10 Å². The lowest BCUT2D eigenvalue weighted by Crippen LogP contribution is -2.01. The molecule has 0 amide bonds. The number of aliphatic hydroxyl groups is 1. The molecule has 0 saturated carbocycles. The van der Waals surface area contributed by atoms with Crippen molar-refractivity contribution in [2.75, 3.05) is 0 Å². The topological polar surface area (TPSA) is 33.1 Å². The monoisotopic (exact) mass is 333 g/mol. The smallest absolute Gasteiger partial charge is 0.116 e. The van der Waals surface area contributed by atoms with E-state index in [4.69, 9.17) is 0 Å². The quantitative estimate of drug-likeness (QED) is 0.751. The average Bonchev–Trinajstić information content (AvgIpc) is 2.85. The Morgan fingerprint density at radius 1 is 1.26 bits per heavy atom. The van der Waals surface area contributed by atoms with Crippen LogP contribution in [0.4, 0.5) is 0 Å². The number of pyridine rings is 1. The van der Waals surface area contributed by atoms with Gasteiger partial charge in [-0.25, -0.2) is 0 Å². The first-order valence-corrected chi connectivity index (χ1v) is 7.61. The SMILES string of the molecule is Cc1ccsc1C(O)c1ccc(Br)c2cccnc12. The van der Waals surface area contributed by atoms with Gasteiger partial charge in [-0.1, -0.05) is 28.1 Å². The summed E-state index contributed by atoms with van der Waals surface area (Å²) in [4.78, 5) is 5.40. The second-order valence-electron chi connectivity index (χ2n) is 4.41. The van der Waals surface area contributed by atoms with E-state index in [1.807, 2.05) is 42.6 Å². The van der Waals surface area contributed by atoms with Crippen molar-refractivity contribution in [1.29, 1.82) is 0 Å². The second-order valence-corrected chi connectivity index (χ2v) is 6.21. The van der Waals surface area contributed by atoms with Gasteiger partial charge < -0.3 is 5.11 Å².